The van der Waals surface area contributed by atoms with Gasteiger partial charge in [-0.2, -0.15) is 0 Å². The van der Waals surface area contributed by atoms with E-state index in [1.54, 1.807) is 12.1 Å². The first-order valence-electron chi connectivity index (χ1n) is 4.79. The number of carbonyl (C=O) groups excluding carboxylic acids is 1. The summed E-state index contributed by atoms with van der Waals surface area (Å²) >= 11 is 12.7. The number of thiophene rings is 1. The third kappa shape index (κ3) is 3.06. The van der Waals surface area contributed by atoms with Gasteiger partial charge in [-0.25, -0.2) is 4.39 Å². The Hall–Kier alpha value is -0.900. The van der Waals surface area contributed by atoms with Crippen LogP contribution in [0.15, 0.2) is 30.3 Å². The monoisotopic (exact) mass is 288 g/mol. The molecule has 1 nitrogen and oxygen atoms in total. The van der Waals surface area contributed by atoms with Gasteiger partial charge < -0.3 is 0 Å². The Morgan fingerprint density at radius 2 is 2.00 bits per heavy atom. The van der Waals surface area contributed by atoms with Crippen molar-refractivity contribution in [2.45, 2.75) is 6.42 Å². The summed E-state index contributed by atoms with van der Waals surface area (Å²) in [6, 6.07) is 7.51. The van der Waals surface area contributed by atoms with Gasteiger partial charge in [-0.05, 0) is 30.3 Å². The molecule has 0 aliphatic carbocycles. The minimum Gasteiger partial charge on any atom is -0.294 e. The zero-order valence-electron chi connectivity index (χ0n) is 8.54. The van der Waals surface area contributed by atoms with Crippen LogP contribution in [0.4, 0.5) is 4.39 Å². The van der Waals surface area contributed by atoms with Gasteiger partial charge in [0.1, 0.15) is 5.82 Å². The number of hydrogen-bond acceptors (Lipinski definition) is 2. The number of ketones is 1. The molecule has 0 radical (unpaired) electrons. The lowest BCUT2D eigenvalue weighted by Crippen LogP contribution is -2.02. The normalized spacial score (nSPS) is 10.5. The highest BCUT2D eigenvalue weighted by molar-refractivity contribution is 7.16. The highest BCUT2D eigenvalue weighted by Gasteiger charge is 2.10. The number of rotatable bonds is 3. The smallest absolute Gasteiger partial charge is 0.168 e. The Balaban J connectivity index is 2.17. The van der Waals surface area contributed by atoms with Gasteiger partial charge in [-0.1, -0.05) is 23.2 Å². The lowest BCUT2D eigenvalue weighted by Gasteiger charge is -2.00. The van der Waals surface area contributed by atoms with Crippen LogP contribution in [0.25, 0.3) is 0 Å². The summed E-state index contributed by atoms with van der Waals surface area (Å²) in [4.78, 5) is 12.7. The Morgan fingerprint density at radius 1 is 1.24 bits per heavy atom. The molecule has 2 aromatic rings. The largest absolute Gasteiger partial charge is 0.294 e. The summed E-state index contributed by atoms with van der Waals surface area (Å²) in [6.45, 7) is 0. The van der Waals surface area contributed by atoms with Gasteiger partial charge in [0.05, 0.1) is 9.36 Å². The van der Waals surface area contributed by atoms with E-state index in [1.165, 1.54) is 29.5 Å². The van der Waals surface area contributed by atoms with Crippen molar-refractivity contribution in [2.24, 2.45) is 0 Å². The molecule has 0 amide bonds. The van der Waals surface area contributed by atoms with Crippen LogP contribution in [-0.2, 0) is 6.42 Å². The van der Waals surface area contributed by atoms with Gasteiger partial charge in [0, 0.05) is 16.9 Å². The van der Waals surface area contributed by atoms with Crippen LogP contribution in [0.5, 0.6) is 0 Å². The van der Waals surface area contributed by atoms with E-state index in [9.17, 15) is 9.18 Å². The second kappa shape index (κ2) is 5.17. The molecular formula is C12H7Cl2FOS. The molecule has 0 saturated carbocycles. The van der Waals surface area contributed by atoms with Crippen LogP contribution in [0.2, 0.25) is 9.36 Å². The Morgan fingerprint density at radius 3 is 2.59 bits per heavy atom. The van der Waals surface area contributed by atoms with Gasteiger partial charge >= 0.3 is 0 Å². The number of carbonyl (C=O) groups is 1. The number of hydrogen-bond donors (Lipinski definition) is 0. The molecule has 0 aliphatic heterocycles. The first kappa shape index (κ1) is 12.6. The van der Waals surface area contributed by atoms with Crippen LogP contribution >= 0.6 is 34.5 Å². The fourth-order valence-electron chi connectivity index (χ4n) is 1.38. The van der Waals surface area contributed by atoms with Crippen LogP contribution < -0.4 is 0 Å². The molecule has 0 N–H and O–H groups in total. The molecule has 0 fully saturated rings. The van der Waals surface area contributed by atoms with Crippen molar-refractivity contribution in [3.63, 3.8) is 0 Å². The van der Waals surface area contributed by atoms with Crippen molar-refractivity contribution in [3.05, 3.63) is 55.9 Å². The van der Waals surface area contributed by atoms with Gasteiger partial charge in [-0.3, -0.25) is 4.79 Å². The van der Waals surface area contributed by atoms with Crippen LogP contribution in [-0.4, -0.2) is 5.78 Å². The molecule has 17 heavy (non-hydrogen) atoms. The highest BCUT2D eigenvalue weighted by atomic mass is 35.5. The Bertz CT molecular complexity index is 565. The molecule has 0 spiro atoms. The summed E-state index contributed by atoms with van der Waals surface area (Å²) in [5.74, 6) is -0.632. The molecule has 0 atom stereocenters. The van der Waals surface area contributed by atoms with E-state index in [2.05, 4.69) is 0 Å². The van der Waals surface area contributed by atoms with Crippen molar-refractivity contribution < 1.29 is 9.18 Å². The molecule has 5 heteroatoms. The average Bonchev–Trinajstić information content (AvgIpc) is 2.68. The topological polar surface area (TPSA) is 17.1 Å². The van der Waals surface area contributed by atoms with Crippen molar-refractivity contribution in [3.8, 4) is 0 Å². The zero-order chi connectivity index (χ0) is 12.4. The third-order valence-electron chi connectivity index (χ3n) is 2.21. The van der Waals surface area contributed by atoms with E-state index in [0.29, 0.717) is 9.90 Å². The summed E-state index contributed by atoms with van der Waals surface area (Å²) < 4.78 is 13.6. The van der Waals surface area contributed by atoms with Crippen LogP contribution in [0.3, 0.4) is 0 Å². The van der Waals surface area contributed by atoms with E-state index >= 15 is 0 Å². The number of benzene rings is 1. The molecule has 0 saturated heterocycles. The summed E-state index contributed by atoms with van der Waals surface area (Å²) in [6.07, 6.45) is 0.249. The minimum absolute atomic E-state index is 0.0416. The van der Waals surface area contributed by atoms with E-state index in [0.717, 1.165) is 4.88 Å². The maximum absolute atomic E-state index is 12.9. The Kier molecular flexibility index (Phi) is 3.82. The summed E-state index contributed by atoms with van der Waals surface area (Å²) in [5.41, 5.74) is 0.404. The molecule has 1 heterocycles. The molecule has 0 bridgehead atoms. The van der Waals surface area contributed by atoms with E-state index < -0.39 is 5.82 Å². The van der Waals surface area contributed by atoms with E-state index in [4.69, 9.17) is 23.2 Å². The van der Waals surface area contributed by atoms with Crippen LogP contribution in [0.1, 0.15) is 15.2 Å². The van der Waals surface area contributed by atoms with Gasteiger partial charge in [0.25, 0.3) is 0 Å². The number of Topliss-reactive ketones (excluding diaryl/α,β-unsaturated/α-hetero) is 1. The first-order chi connectivity index (χ1) is 8.06. The van der Waals surface area contributed by atoms with Crippen molar-refractivity contribution in [1.82, 2.24) is 0 Å². The van der Waals surface area contributed by atoms with Crippen molar-refractivity contribution >= 4 is 40.3 Å². The van der Waals surface area contributed by atoms with E-state index in [1.807, 2.05) is 0 Å². The maximum Gasteiger partial charge on any atom is 0.168 e. The molecule has 88 valence electrons. The average molecular weight is 289 g/mol. The molecule has 2 rings (SSSR count). The minimum atomic E-state index is -0.526. The predicted octanol–water partition coefficient (Wildman–Crippen LogP) is 4.62. The standard InChI is InChI=1S/C12H7Cl2FOS/c13-9-5-7(1-3-10(9)15)11(16)6-8-2-4-12(14)17-8/h1-5H,6H2. The molecule has 1 aromatic heterocycles. The number of halogens is 3. The van der Waals surface area contributed by atoms with Gasteiger partial charge in [0.2, 0.25) is 0 Å². The first-order valence-corrected chi connectivity index (χ1v) is 6.36. The fraction of sp³-hybridized carbons (Fsp3) is 0.0833. The SMILES string of the molecule is O=C(Cc1ccc(Cl)s1)c1ccc(F)c(Cl)c1. The van der Waals surface area contributed by atoms with Gasteiger partial charge in [0.15, 0.2) is 5.78 Å². The van der Waals surface area contributed by atoms with Gasteiger partial charge in [-0.15, -0.1) is 11.3 Å². The van der Waals surface area contributed by atoms with E-state index in [-0.39, 0.29) is 17.2 Å². The fourth-order valence-corrected chi connectivity index (χ4v) is 2.64. The second-order valence-electron chi connectivity index (χ2n) is 3.43. The molecule has 1 aromatic carbocycles. The summed E-state index contributed by atoms with van der Waals surface area (Å²) in [5, 5.41) is -0.0416. The lowest BCUT2D eigenvalue weighted by atomic mass is 10.1. The predicted molar refractivity (Wildman–Crippen MR) is 68.8 cm³/mol. The van der Waals surface area contributed by atoms with Crippen molar-refractivity contribution in [2.75, 3.05) is 0 Å². The zero-order valence-corrected chi connectivity index (χ0v) is 10.9. The molecular weight excluding hydrogens is 282 g/mol. The Labute approximate surface area is 112 Å². The second-order valence-corrected chi connectivity index (χ2v) is 5.64. The van der Waals surface area contributed by atoms with Crippen LogP contribution in [0, 0.1) is 5.82 Å². The quantitative estimate of drug-likeness (QED) is 0.753. The lowest BCUT2D eigenvalue weighted by molar-refractivity contribution is 0.0994. The summed E-state index contributed by atoms with van der Waals surface area (Å²) in [7, 11) is 0. The molecule has 0 unspecified atom stereocenters. The highest BCUT2D eigenvalue weighted by Crippen LogP contribution is 2.23. The maximum atomic E-state index is 12.9. The van der Waals surface area contributed by atoms with Crippen molar-refractivity contribution in [1.29, 1.82) is 0 Å². The third-order valence-corrected chi connectivity index (χ3v) is 3.73. The molecule has 0 aliphatic rings.